The van der Waals surface area contributed by atoms with Crippen LogP contribution in [0.25, 0.3) is 22.6 Å². The number of methoxy groups -OCH3 is 2. The summed E-state index contributed by atoms with van der Waals surface area (Å²) in [5.74, 6) is 2.22. The highest BCUT2D eigenvalue weighted by Gasteiger charge is 2.25. The minimum absolute atomic E-state index is 0.150. The summed E-state index contributed by atoms with van der Waals surface area (Å²) in [5, 5.41) is 50.0. The van der Waals surface area contributed by atoms with E-state index in [-0.39, 0.29) is 32.3 Å². The SMILES string of the molecule is COc1cc(-c2cc(-c3cc(CO)c(CO)c(CO)c3)on2)cc(OC)c1OCCCCCOc1ccc(C2NC(=O)c3cc(C)ccc3N2)cc1CO. The molecule has 1 atom stereocenters. The number of carbonyl (C=O) groups is 1. The molecule has 0 saturated heterocycles. The predicted molar refractivity (Wildman–Crippen MR) is 200 cm³/mol. The molecule has 284 valence electrons. The number of anilines is 1. The van der Waals surface area contributed by atoms with Crippen LogP contribution in [0.2, 0.25) is 0 Å². The number of fused-ring (bicyclic) bond motifs is 1. The van der Waals surface area contributed by atoms with E-state index in [1.54, 1.807) is 44.6 Å². The zero-order valence-electron chi connectivity index (χ0n) is 30.5. The van der Waals surface area contributed by atoms with E-state index in [1.807, 2.05) is 43.3 Å². The van der Waals surface area contributed by atoms with Crippen molar-refractivity contribution in [1.82, 2.24) is 10.5 Å². The van der Waals surface area contributed by atoms with Crippen LogP contribution in [0.4, 0.5) is 5.69 Å². The Morgan fingerprint density at radius 1 is 0.704 bits per heavy atom. The maximum atomic E-state index is 12.7. The molecule has 0 spiro atoms. The van der Waals surface area contributed by atoms with Gasteiger partial charge in [0.05, 0.1) is 59.4 Å². The van der Waals surface area contributed by atoms with Gasteiger partial charge >= 0.3 is 0 Å². The number of unbranched alkanes of at least 4 members (excludes halogenated alkanes) is 2. The van der Waals surface area contributed by atoms with Gasteiger partial charge in [-0.15, -0.1) is 0 Å². The summed E-state index contributed by atoms with van der Waals surface area (Å²) >= 11 is 0. The normalized spacial score (nSPS) is 13.5. The van der Waals surface area contributed by atoms with Crippen molar-refractivity contribution < 1.29 is 48.7 Å². The number of ether oxygens (including phenoxy) is 4. The van der Waals surface area contributed by atoms with Crippen LogP contribution in [0.3, 0.4) is 0 Å². The molecule has 13 heteroatoms. The highest BCUT2D eigenvalue weighted by atomic mass is 16.5. The van der Waals surface area contributed by atoms with Gasteiger partial charge in [-0.3, -0.25) is 4.79 Å². The second-order valence-corrected chi connectivity index (χ2v) is 12.9. The van der Waals surface area contributed by atoms with Crippen molar-refractivity contribution in [3.8, 4) is 45.6 Å². The number of aromatic nitrogens is 1. The van der Waals surface area contributed by atoms with Crippen LogP contribution >= 0.6 is 0 Å². The number of rotatable bonds is 17. The Bertz CT molecular complexity index is 2050. The summed E-state index contributed by atoms with van der Waals surface area (Å²) in [7, 11) is 3.09. The lowest BCUT2D eigenvalue weighted by molar-refractivity contribution is 0.0935. The molecule has 54 heavy (non-hydrogen) atoms. The number of aliphatic hydroxyl groups excluding tert-OH is 4. The first-order chi connectivity index (χ1) is 26.3. The first-order valence-electron chi connectivity index (χ1n) is 17.7. The molecule has 1 unspecified atom stereocenters. The first-order valence-corrected chi connectivity index (χ1v) is 17.7. The quantitative estimate of drug-likeness (QED) is 0.0633. The largest absolute Gasteiger partial charge is 0.493 e. The smallest absolute Gasteiger partial charge is 0.255 e. The molecule has 0 saturated carbocycles. The summed E-state index contributed by atoms with van der Waals surface area (Å²) in [6, 6.07) is 19.9. The lowest BCUT2D eigenvalue weighted by atomic mass is 9.97. The molecule has 1 aliphatic heterocycles. The Kier molecular flexibility index (Phi) is 12.3. The van der Waals surface area contributed by atoms with Crippen LogP contribution in [0.5, 0.6) is 23.0 Å². The van der Waals surface area contributed by atoms with Gasteiger partial charge in [0.1, 0.15) is 17.6 Å². The Morgan fingerprint density at radius 3 is 2.04 bits per heavy atom. The second kappa shape index (κ2) is 17.5. The maximum Gasteiger partial charge on any atom is 0.255 e. The molecule has 5 aromatic rings. The van der Waals surface area contributed by atoms with Gasteiger partial charge in [-0.2, -0.15) is 0 Å². The standard InChI is InChI=1S/C41H45N3O10/c1-24-7-9-33-31(13-24)41(49)43-40(42-33)25-8-10-35(30(14-25)22-47)52-11-5-4-6-12-53-39-37(50-2)17-26(18-38(39)51-3)34-19-36(54-44-34)27-15-28(20-45)32(23-48)29(16-27)21-46/h7-10,13-19,40,42,45-48H,4-6,11-12,20-23H2,1-3H3,(H,43,49). The number of hydrogen-bond acceptors (Lipinski definition) is 12. The average Bonchev–Trinajstić information content (AvgIpc) is 3.70. The van der Waals surface area contributed by atoms with Gasteiger partial charge in [0.25, 0.3) is 5.91 Å². The molecule has 2 heterocycles. The van der Waals surface area contributed by atoms with E-state index in [2.05, 4.69) is 15.8 Å². The second-order valence-electron chi connectivity index (χ2n) is 12.9. The van der Waals surface area contributed by atoms with Gasteiger partial charge in [0.15, 0.2) is 17.3 Å². The van der Waals surface area contributed by atoms with Crippen molar-refractivity contribution >= 4 is 11.6 Å². The minimum atomic E-state index is -0.430. The molecule has 6 rings (SSSR count). The fourth-order valence-corrected chi connectivity index (χ4v) is 6.46. The summed E-state index contributed by atoms with van der Waals surface area (Å²) in [6.45, 7) is 1.68. The molecule has 6 N–H and O–H groups in total. The first kappa shape index (κ1) is 38.1. The molecular formula is C41H45N3O10. The van der Waals surface area contributed by atoms with Crippen molar-refractivity contribution in [2.75, 3.05) is 32.8 Å². The monoisotopic (exact) mass is 739 g/mol. The predicted octanol–water partition coefficient (Wildman–Crippen LogP) is 5.79. The van der Waals surface area contributed by atoms with Crippen LogP contribution in [0.15, 0.2) is 71.3 Å². The Balaban J connectivity index is 1.02. The summed E-state index contributed by atoms with van der Waals surface area (Å²) in [4.78, 5) is 12.7. The van der Waals surface area contributed by atoms with E-state index in [4.69, 9.17) is 23.5 Å². The summed E-state index contributed by atoms with van der Waals surface area (Å²) in [6.07, 6.45) is 1.89. The number of benzene rings is 4. The third-order valence-corrected chi connectivity index (χ3v) is 9.36. The summed E-state index contributed by atoms with van der Waals surface area (Å²) < 4.78 is 29.1. The van der Waals surface area contributed by atoms with Gasteiger partial charge in [0, 0.05) is 28.4 Å². The van der Waals surface area contributed by atoms with Crippen LogP contribution in [0.1, 0.15) is 69.2 Å². The Hall–Kier alpha value is -5.60. The maximum absolute atomic E-state index is 12.7. The van der Waals surface area contributed by atoms with Crippen molar-refractivity contribution in [2.24, 2.45) is 0 Å². The molecule has 0 fully saturated rings. The molecular weight excluding hydrogens is 694 g/mol. The van der Waals surface area contributed by atoms with Gasteiger partial charge in [-0.25, -0.2) is 0 Å². The number of aryl methyl sites for hydroxylation is 1. The lowest BCUT2D eigenvalue weighted by Crippen LogP contribution is -2.38. The van der Waals surface area contributed by atoms with Gasteiger partial charge in [-0.05, 0) is 97.0 Å². The van der Waals surface area contributed by atoms with Crippen LogP contribution in [-0.2, 0) is 26.4 Å². The molecule has 0 radical (unpaired) electrons. The average molecular weight is 740 g/mol. The minimum Gasteiger partial charge on any atom is -0.493 e. The van der Waals surface area contributed by atoms with E-state index in [0.29, 0.717) is 86.6 Å². The number of hydrogen-bond donors (Lipinski definition) is 6. The highest BCUT2D eigenvalue weighted by Crippen LogP contribution is 2.42. The summed E-state index contributed by atoms with van der Waals surface area (Å²) in [5.41, 5.74) is 7.05. The van der Waals surface area contributed by atoms with Gasteiger partial charge in [-0.1, -0.05) is 22.9 Å². The third kappa shape index (κ3) is 8.29. The molecule has 4 aromatic carbocycles. The van der Waals surface area contributed by atoms with Crippen LogP contribution < -0.4 is 29.6 Å². The van der Waals surface area contributed by atoms with E-state index in [1.165, 1.54) is 0 Å². The Morgan fingerprint density at radius 2 is 1.39 bits per heavy atom. The Labute approximate surface area is 313 Å². The van der Waals surface area contributed by atoms with E-state index >= 15 is 0 Å². The van der Waals surface area contributed by atoms with Crippen LogP contribution in [0, 0.1) is 6.92 Å². The fraction of sp³-hybridized carbons (Fsp3) is 0.317. The third-order valence-electron chi connectivity index (χ3n) is 9.36. The molecule has 1 aromatic heterocycles. The van der Waals surface area contributed by atoms with Crippen molar-refractivity contribution in [3.05, 3.63) is 106 Å². The van der Waals surface area contributed by atoms with Gasteiger partial charge in [0.2, 0.25) is 5.75 Å². The molecule has 1 aliphatic rings. The molecule has 13 nitrogen and oxygen atoms in total. The highest BCUT2D eigenvalue weighted by molar-refractivity contribution is 6.01. The number of nitrogens with zero attached hydrogens (tertiary/aromatic N) is 1. The number of amides is 1. The number of nitrogens with one attached hydrogen (secondary N) is 2. The van der Waals surface area contributed by atoms with Crippen molar-refractivity contribution in [1.29, 1.82) is 0 Å². The molecule has 0 bridgehead atoms. The van der Waals surface area contributed by atoms with E-state index in [0.717, 1.165) is 36.1 Å². The zero-order valence-corrected chi connectivity index (χ0v) is 30.5. The van der Waals surface area contributed by atoms with Crippen molar-refractivity contribution in [3.63, 3.8) is 0 Å². The van der Waals surface area contributed by atoms with Crippen molar-refractivity contribution in [2.45, 2.75) is 58.8 Å². The number of aliphatic hydroxyl groups is 4. The topological polar surface area (TPSA) is 185 Å². The van der Waals surface area contributed by atoms with Crippen LogP contribution in [-0.4, -0.2) is 58.9 Å². The zero-order chi connectivity index (χ0) is 38.2. The van der Waals surface area contributed by atoms with E-state index in [9.17, 15) is 25.2 Å². The lowest BCUT2D eigenvalue weighted by Gasteiger charge is -2.29. The molecule has 1 amide bonds. The molecule has 0 aliphatic carbocycles. The number of carbonyl (C=O) groups excluding carboxylic acids is 1. The van der Waals surface area contributed by atoms with E-state index < -0.39 is 6.17 Å². The fourth-order valence-electron chi connectivity index (χ4n) is 6.46. The van der Waals surface area contributed by atoms with Gasteiger partial charge < -0.3 is 54.5 Å².